The Kier molecular flexibility index (Phi) is 5.28. The van der Waals surface area contributed by atoms with Gasteiger partial charge < -0.3 is 10.6 Å². The van der Waals surface area contributed by atoms with Crippen molar-refractivity contribution in [2.45, 2.75) is 50.7 Å². The zero-order valence-corrected chi connectivity index (χ0v) is 18.3. The zero-order valence-electron chi connectivity index (χ0n) is 18.3. The van der Waals surface area contributed by atoms with Crippen LogP contribution >= 0.6 is 0 Å². The predicted octanol–water partition coefficient (Wildman–Crippen LogP) is 5.30. The molecule has 2 fully saturated rings. The molecule has 2 bridgehead atoms. The number of amides is 1. The van der Waals surface area contributed by atoms with E-state index in [2.05, 4.69) is 48.2 Å². The topological polar surface area (TPSA) is 70.1 Å². The second-order valence-corrected chi connectivity index (χ2v) is 9.14. The summed E-state index contributed by atoms with van der Waals surface area (Å²) in [6, 6.07) is 25.0. The van der Waals surface area contributed by atoms with E-state index in [4.69, 9.17) is 5.73 Å². The molecule has 4 heteroatoms. The first kappa shape index (κ1) is 20.5. The van der Waals surface area contributed by atoms with Gasteiger partial charge in [-0.1, -0.05) is 48.0 Å². The van der Waals surface area contributed by atoms with E-state index in [1.807, 2.05) is 36.4 Å². The molecule has 0 aromatic heterocycles. The molecule has 1 unspecified atom stereocenters. The van der Waals surface area contributed by atoms with Gasteiger partial charge in [0.2, 0.25) is 0 Å². The highest BCUT2D eigenvalue weighted by Gasteiger charge is 2.42. The summed E-state index contributed by atoms with van der Waals surface area (Å²) in [5.74, 6) is 0.106. The summed E-state index contributed by atoms with van der Waals surface area (Å²) in [5.41, 5.74) is 13.0. The molecular weight excluding hydrogens is 394 g/mol. The number of nitriles is 1. The van der Waals surface area contributed by atoms with Crippen molar-refractivity contribution in [3.63, 3.8) is 0 Å². The van der Waals surface area contributed by atoms with Crippen LogP contribution in [0.15, 0.2) is 66.7 Å². The number of benzene rings is 3. The summed E-state index contributed by atoms with van der Waals surface area (Å²) in [6.07, 6.45) is 3.89. The van der Waals surface area contributed by atoms with Crippen LogP contribution in [0.4, 0.5) is 0 Å². The normalized spacial score (nSPS) is 21.9. The van der Waals surface area contributed by atoms with E-state index < -0.39 is 0 Å². The van der Waals surface area contributed by atoms with Gasteiger partial charge in [0.05, 0.1) is 11.6 Å². The van der Waals surface area contributed by atoms with Crippen molar-refractivity contribution in [3.8, 4) is 28.3 Å². The minimum Gasteiger partial charge on any atom is -0.333 e. The van der Waals surface area contributed by atoms with Crippen molar-refractivity contribution in [3.05, 3.63) is 83.4 Å². The van der Waals surface area contributed by atoms with Gasteiger partial charge in [0.1, 0.15) is 0 Å². The monoisotopic (exact) mass is 421 g/mol. The number of carbonyl (C=O) groups excluding carboxylic acids is 1. The molecule has 3 aromatic carbocycles. The highest BCUT2D eigenvalue weighted by molar-refractivity contribution is 5.98. The van der Waals surface area contributed by atoms with E-state index in [1.54, 1.807) is 0 Å². The molecule has 0 spiro atoms. The zero-order chi connectivity index (χ0) is 22.2. The number of fused-ring (bicyclic) bond motifs is 2. The van der Waals surface area contributed by atoms with Gasteiger partial charge in [-0.2, -0.15) is 5.26 Å². The van der Waals surface area contributed by atoms with Crippen LogP contribution < -0.4 is 5.73 Å². The Bertz CT molecular complexity index is 1180. The largest absolute Gasteiger partial charge is 0.333 e. The lowest BCUT2D eigenvalue weighted by atomic mass is 9.91. The predicted molar refractivity (Wildman–Crippen MR) is 127 cm³/mol. The van der Waals surface area contributed by atoms with Crippen LogP contribution in [-0.2, 0) is 0 Å². The SMILES string of the molecule is Cc1ccc(-c2ccc(C(=O)N3[C@@H]4CC[C@H]3CC(N)C4)cc2-c2ccc(C#N)cc2)cc1. The van der Waals surface area contributed by atoms with E-state index in [-0.39, 0.29) is 24.0 Å². The number of aryl methyl sites for hydroxylation is 1. The summed E-state index contributed by atoms with van der Waals surface area (Å²) < 4.78 is 0. The number of nitrogens with zero attached hydrogens (tertiary/aromatic N) is 2. The van der Waals surface area contributed by atoms with Gasteiger partial charge in [0, 0.05) is 23.7 Å². The fourth-order valence-electron chi connectivity index (χ4n) is 5.33. The Morgan fingerprint density at radius 1 is 0.906 bits per heavy atom. The first-order valence-electron chi connectivity index (χ1n) is 11.3. The first-order chi connectivity index (χ1) is 15.5. The quantitative estimate of drug-likeness (QED) is 0.624. The molecule has 0 saturated carbocycles. The molecule has 2 heterocycles. The van der Waals surface area contributed by atoms with Crippen molar-refractivity contribution >= 4 is 5.91 Å². The third kappa shape index (κ3) is 3.70. The second-order valence-electron chi connectivity index (χ2n) is 9.14. The molecule has 2 aliphatic rings. The van der Waals surface area contributed by atoms with Crippen LogP contribution in [0.5, 0.6) is 0 Å². The molecule has 5 rings (SSSR count). The van der Waals surface area contributed by atoms with Crippen molar-refractivity contribution in [2.24, 2.45) is 5.73 Å². The van der Waals surface area contributed by atoms with Crippen LogP contribution in [-0.4, -0.2) is 28.9 Å². The molecule has 160 valence electrons. The van der Waals surface area contributed by atoms with Crippen molar-refractivity contribution < 1.29 is 4.79 Å². The molecule has 0 aliphatic carbocycles. The van der Waals surface area contributed by atoms with Gasteiger partial charge in [0.15, 0.2) is 0 Å². The maximum absolute atomic E-state index is 13.6. The standard InChI is InChI=1S/C28H27N3O/c1-18-2-6-20(7-3-18)26-13-10-22(14-27(26)21-8-4-19(17-29)5-9-21)28(32)31-24-11-12-25(31)16-23(30)15-24/h2-10,13-14,23-25H,11-12,15-16,30H2,1H3/t23?,24-,25+. The fourth-order valence-corrected chi connectivity index (χ4v) is 5.33. The van der Waals surface area contributed by atoms with Crippen LogP contribution in [0, 0.1) is 18.3 Å². The number of hydrogen-bond donors (Lipinski definition) is 1. The Labute approximate surface area is 189 Å². The maximum Gasteiger partial charge on any atom is 0.254 e. The highest BCUT2D eigenvalue weighted by Crippen LogP contribution is 2.38. The first-order valence-corrected chi connectivity index (χ1v) is 11.3. The minimum absolute atomic E-state index is 0.106. The fraction of sp³-hybridized carbons (Fsp3) is 0.286. The van der Waals surface area contributed by atoms with Crippen LogP contribution in [0.2, 0.25) is 0 Å². The lowest BCUT2D eigenvalue weighted by Crippen LogP contribution is -2.50. The highest BCUT2D eigenvalue weighted by atomic mass is 16.2. The van der Waals surface area contributed by atoms with Gasteiger partial charge in [-0.15, -0.1) is 0 Å². The van der Waals surface area contributed by atoms with E-state index >= 15 is 0 Å². The third-order valence-corrected chi connectivity index (χ3v) is 6.96. The number of piperidine rings is 1. The van der Waals surface area contributed by atoms with Gasteiger partial charge in [-0.25, -0.2) is 0 Å². The molecule has 2 aliphatic heterocycles. The molecule has 4 nitrogen and oxygen atoms in total. The van der Waals surface area contributed by atoms with Gasteiger partial charge in [-0.3, -0.25) is 4.79 Å². The summed E-state index contributed by atoms with van der Waals surface area (Å²) in [6.45, 7) is 2.08. The molecule has 2 saturated heterocycles. The third-order valence-electron chi connectivity index (χ3n) is 6.96. The van der Waals surface area contributed by atoms with Crippen LogP contribution in [0.25, 0.3) is 22.3 Å². The Hall–Kier alpha value is -3.42. The number of nitrogens with two attached hydrogens (primary N) is 1. The van der Waals surface area contributed by atoms with Crippen molar-refractivity contribution in [1.29, 1.82) is 5.26 Å². The Morgan fingerprint density at radius 2 is 1.50 bits per heavy atom. The van der Waals surface area contributed by atoms with Crippen LogP contribution in [0.3, 0.4) is 0 Å². The average Bonchev–Trinajstić information content (AvgIpc) is 3.09. The number of carbonyl (C=O) groups is 1. The van der Waals surface area contributed by atoms with Crippen molar-refractivity contribution in [2.75, 3.05) is 0 Å². The Balaban J connectivity index is 1.57. The van der Waals surface area contributed by atoms with Crippen LogP contribution in [0.1, 0.15) is 47.2 Å². The summed E-state index contributed by atoms with van der Waals surface area (Å²) in [4.78, 5) is 15.7. The number of hydrogen-bond acceptors (Lipinski definition) is 3. The van der Waals surface area contributed by atoms with Gasteiger partial charge >= 0.3 is 0 Å². The minimum atomic E-state index is 0.106. The van der Waals surface area contributed by atoms with E-state index in [0.717, 1.165) is 47.9 Å². The molecular formula is C28H27N3O. The summed E-state index contributed by atoms with van der Waals surface area (Å²) >= 11 is 0. The summed E-state index contributed by atoms with van der Waals surface area (Å²) in [5, 5.41) is 9.18. The molecule has 3 atom stereocenters. The average molecular weight is 422 g/mol. The Morgan fingerprint density at radius 3 is 2.12 bits per heavy atom. The molecule has 0 radical (unpaired) electrons. The molecule has 1 amide bonds. The van der Waals surface area contributed by atoms with E-state index in [0.29, 0.717) is 11.1 Å². The summed E-state index contributed by atoms with van der Waals surface area (Å²) in [7, 11) is 0. The molecule has 2 N–H and O–H groups in total. The molecule has 3 aromatic rings. The van der Waals surface area contributed by atoms with E-state index in [9.17, 15) is 10.1 Å². The maximum atomic E-state index is 13.6. The van der Waals surface area contributed by atoms with Gasteiger partial charge in [-0.05, 0) is 79.1 Å². The second kappa shape index (κ2) is 8.26. The smallest absolute Gasteiger partial charge is 0.254 e. The van der Waals surface area contributed by atoms with Gasteiger partial charge in [0.25, 0.3) is 5.91 Å². The lowest BCUT2D eigenvalue weighted by molar-refractivity contribution is 0.0575. The lowest BCUT2D eigenvalue weighted by Gasteiger charge is -2.38. The van der Waals surface area contributed by atoms with Crippen molar-refractivity contribution in [1.82, 2.24) is 4.90 Å². The van der Waals surface area contributed by atoms with E-state index in [1.165, 1.54) is 5.56 Å². The number of rotatable bonds is 3. The molecule has 32 heavy (non-hydrogen) atoms.